The van der Waals surface area contributed by atoms with E-state index in [0.717, 1.165) is 6.54 Å². The Labute approximate surface area is 82.5 Å². The van der Waals surface area contributed by atoms with Crippen molar-refractivity contribution in [1.29, 1.82) is 0 Å². The number of benzene rings is 1. The van der Waals surface area contributed by atoms with Crippen LogP contribution in [0.25, 0.3) is 0 Å². The first kappa shape index (κ1) is 9.18. The van der Waals surface area contributed by atoms with Gasteiger partial charge in [-0.25, -0.2) is 5.84 Å². The van der Waals surface area contributed by atoms with E-state index in [1.807, 2.05) is 18.2 Å². The summed E-state index contributed by atoms with van der Waals surface area (Å²) in [6.45, 7) is 0.730. The number of nitrogens with one attached hydrogen (secondary N) is 2. The third kappa shape index (κ3) is 1.62. The average Bonchev–Trinajstić information content (AvgIpc) is 2.27. The first-order valence-electron chi connectivity index (χ1n) is 4.62. The van der Waals surface area contributed by atoms with Crippen molar-refractivity contribution in [2.24, 2.45) is 5.84 Å². The van der Waals surface area contributed by atoms with Crippen LogP contribution in [0.3, 0.4) is 0 Å². The number of rotatable bonds is 1. The summed E-state index contributed by atoms with van der Waals surface area (Å²) in [5, 5.41) is 3.13. The maximum Gasteiger partial charge on any atom is 0.251 e. The van der Waals surface area contributed by atoms with Crippen LogP contribution in [-0.2, 0) is 17.8 Å². The molecule has 1 unspecified atom stereocenters. The minimum Gasteiger partial charge on any atom is -0.301 e. The molecule has 1 aliphatic heterocycles. The molecule has 0 aliphatic carbocycles. The van der Waals surface area contributed by atoms with E-state index in [-0.39, 0.29) is 11.9 Å². The van der Waals surface area contributed by atoms with E-state index < -0.39 is 0 Å². The van der Waals surface area contributed by atoms with Crippen molar-refractivity contribution in [1.82, 2.24) is 10.7 Å². The highest BCUT2D eigenvalue weighted by Gasteiger charge is 2.22. The van der Waals surface area contributed by atoms with Gasteiger partial charge >= 0.3 is 0 Å². The quantitative estimate of drug-likeness (QED) is 0.324. The number of nitrogens with two attached hydrogens (primary N) is 1. The van der Waals surface area contributed by atoms with E-state index in [4.69, 9.17) is 5.84 Å². The summed E-state index contributed by atoms with van der Waals surface area (Å²) in [6.07, 6.45) is 0.708. The second-order valence-electron chi connectivity index (χ2n) is 3.41. The van der Waals surface area contributed by atoms with Crippen LogP contribution in [0, 0.1) is 0 Å². The zero-order valence-electron chi connectivity index (χ0n) is 7.79. The minimum absolute atomic E-state index is 0.153. The van der Waals surface area contributed by atoms with E-state index in [1.54, 1.807) is 0 Å². The van der Waals surface area contributed by atoms with Gasteiger partial charge in [0.25, 0.3) is 5.91 Å². The summed E-state index contributed by atoms with van der Waals surface area (Å²) >= 11 is 0. The van der Waals surface area contributed by atoms with Gasteiger partial charge in [0.15, 0.2) is 0 Å². The zero-order chi connectivity index (χ0) is 9.97. The fourth-order valence-corrected chi connectivity index (χ4v) is 1.74. The zero-order valence-corrected chi connectivity index (χ0v) is 7.79. The number of hydrazine groups is 1. The van der Waals surface area contributed by atoms with Gasteiger partial charge in [0.05, 0.1) is 6.04 Å². The maximum atomic E-state index is 11.3. The molecule has 0 radical (unpaired) electrons. The molecule has 14 heavy (non-hydrogen) atoms. The highest BCUT2D eigenvalue weighted by molar-refractivity contribution is 5.81. The fraction of sp³-hybridized carbons (Fsp3) is 0.300. The molecule has 1 aliphatic rings. The van der Waals surface area contributed by atoms with Gasteiger partial charge in [-0.1, -0.05) is 24.3 Å². The van der Waals surface area contributed by atoms with Crippen molar-refractivity contribution >= 4 is 5.91 Å². The van der Waals surface area contributed by atoms with Gasteiger partial charge in [0, 0.05) is 6.54 Å². The van der Waals surface area contributed by atoms with E-state index in [0.29, 0.717) is 6.42 Å². The Balaban J connectivity index is 2.17. The fourth-order valence-electron chi connectivity index (χ4n) is 1.74. The Morgan fingerprint density at radius 1 is 1.43 bits per heavy atom. The number of amides is 1. The predicted molar refractivity (Wildman–Crippen MR) is 53.1 cm³/mol. The molecule has 0 fully saturated rings. The minimum atomic E-state index is -0.199. The van der Waals surface area contributed by atoms with E-state index in [9.17, 15) is 4.79 Å². The summed E-state index contributed by atoms with van der Waals surface area (Å²) in [4.78, 5) is 11.3. The lowest BCUT2D eigenvalue weighted by molar-refractivity contribution is -0.123. The summed E-state index contributed by atoms with van der Waals surface area (Å²) in [5.74, 6) is 4.93. The molecular formula is C10H13N3O. The first-order chi connectivity index (χ1) is 6.81. The van der Waals surface area contributed by atoms with Crippen LogP contribution in [0.1, 0.15) is 11.1 Å². The molecule has 1 aromatic carbocycles. The summed E-state index contributed by atoms with van der Waals surface area (Å²) in [6, 6.07) is 7.91. The molecule has 1 heterocycles. The topological polar surface area (TPSA) is 67.1 Å². The van der Waals surface area contributed by atoms with Crippen LogP contribution in [0.5, 0.6) is 0 Å². The molecule has 1 aromatic rings. The van der Waals surface area contributed by atoms with Crippen molar-refractivity contribution in [3.63, 3.8) is 0 Å². The SMILES string of the molecule is NNC(=O)C1Cc2ccccc2CN1. The highest BCUT2D eigenvalue weighted by Crippen LogP contribution is 2.15. The largest absolute Gasteiger partial charge is 0.301 e. The van der Waals surface area contributed by atoms with Crippen LogP contribution < -0.4 is 16.6 Å². The van der Waals surface area contributed by atoms with Crippen molar-refractivity contribution in [3.8, 4) is 0 Å². The molecule has 0 saturated carbocycles. The Morgan fingerprint density at radius 2 is 2.14 bits per heavy atom. The maximum absolute atomic E-state index is 11.3. The Bertz CT molecular complexity index is 351. The monoisotopic (exact) mass is 191 g/mol. The molecule has 2 rings (SSSR count). The van der Waals surface area contributed by atoms with Crippen molar-refractivity contribution < 1.29 is 4.79 Å². The molecule has 0 spiro atoms. The molecule has 0 aromatic heterocycles. The molecule has 74 valence electrons. The van der Waals surface area contributed by atoms with Crippen LogP contribution in [0.2, 0.25) is 0 Å². The molecule has 1 atom stereocenters. The first-order valence-corrected chi connectivity index (χ1v) is 4.62. The molecule has 4 heteroatoms. The van der Waals surface area contributed by atoms with Crippen LogP contribution in [-0.4, -0.2) is 11.9 Å². The average molecular weight is 191 g/mol. The Kier molecular flexibility index (Phi) is 2.47. The van der Waals surface area contributed by atoms with E-state index >= 15 is 0 Å². The van der Waals surface area contributed by atoms with Crippen molar-refractivity contribution in [3.05, 3.63) is 35.4 Å². The predicted octanol–water partition coefficient (Wildman–Crippen LogP) is -0.309. The van der Waals surface area contributed by atoms with Crippen LogP contribution in [0.15, 0.2) is 24.3 Å². The van der Waals surface area contributed by atoms with Gasteiger partial charge in [-0.05, 0) is 17.5 Å². The third-order valence-electron chi connectivity index (χ3n) is 2.54. The van der Waals surface area contributed by atoms with Crippen molar-refractivity contribution in [2.45, 2.75) is 19.0 Å². The van der Waals surface area contributed by atoms with Gasteiger partial charge in [0.2, 0.25) is 0 Å². The van der Waals surface area contributed by atoms with Gasteiger partial charge in [-0.3, -0.25) is 10.2 Å². The van der Waals surface area contributed by atoms with Gasteiger partial charge in [-0.15, -0.1) is 0 Å². The van der Waals surface area contributed by atoms with Crippen LogP contribution >= 0.6 is 0 Å². The number of hydrogen-bond donors (Lipinski definition) is 3. The third-order valence-corrected chi connectivity index (χ3v) is 2.54. The van der Waals surface area contributed by atoms with E-state index in [1.165, 1.54) is 11.1 Å². The van der Waals surface area contributed by atoms with Gasteiger partial charge in [-0.2, -0.15) is 0 Å². The smallest absolute Gasteiger partial charge is 0.251 e. The molecule has 4 nitrogen and oxygen atoms in total. The summed E-state index contributed by atoms with van der Waals surface area (Å²) in [7, 11) is 0. The molecule has 0 saturated heterocycles. The van der Waals surface area contributed by atoms with Gasteiger partial charge in [0.1, 0.15) is 0 Å². The number of carbonyl (C=O) groups is 1. The second-order valence-corrected chi connectivity index (χ2v) is 3.41. The summed E-state index contributed by atoms with van der Waals surface area (Å²) in [5.41, 5.74) is 4.64. The molecule has 1 amide bonds. The van der Waals surface area contributed by atoms with Crippen molar-refractivity contribution in [2.75, 3.05) is 0 Å². The second kappa shape index (κ2) is 3.77. The normalized spacial score (nSPS) is 19.9. The number of hydrogen-bond acceptors (Lipinski definition) is 3. The lowest BCUT2D eigenvalue weighted by Crippen LogP contribution is -2.49. The Hall–Kier alpha value is -1.39. The summed E-state index contributed by atoms with van der Waals surface area (Å²) < 4.78 is 0. The van der Waals surface area contributed by atoms with Gasteiger partial charge < -0.3 is 5.32 Å². The number of fused-ring (bicyclic) bond motifs is 1. The molecular weight excluding hydrogens is 178 g/mol. The molecule has 4 N–H and O–H groups in total. The number of carbonyl (C=O) groups excluding carboxylic acids is 1. The van der Waals surface area contributed by atoms with Crippen LogP contribution in [0.4, 0.5) is 0 Å². The van der Waals surface area contributed by atoms with E-state index in [2.05, 4.69) is 16.8 Å². The highest BCUT2D eigenvalue weighted by atomic mass is 16.2. The molecule has 0 bridgehead atoms. The lowest BCUT2D eigenvalue weighted by atomic mass is 9.96. The Morgan fingerprint density at radius 3 is 2.86 bits per heavy atom. The standard InChI is InChI=1S/C10H13N3O/c11-13-10(14)9-5-7-3-1-2-4-8(7)6-12-9/h1-4,9,12H,5-6,11H2,(H,13,14). The lowest BCUT2D eigenvalue weighted by Gasteiger charge is -2.24.